The SMILES string of the molecule is Cc1nn(C)c(CC(CCC2CCCC2)NN)c1Br. The molecule has 0 radical (unpaired) electrons. The van der Waals surface area contributed by atoms with Crippen molar-refractivity contribution < 1.29 is 0 Å². The number of aromatic nitrogens is 2. The molecule has 0 aromatic carbocycles. The fourth-order valence-electron chi connectivity index (χ4n) is 3.12. The van der Waals surface area contributed by atoms with E-state index in [2.05, 4.69) is 26.5 Å². The van der Waals surface area contributed by atoms with Gasteiger partial charge in [-0.25, -0.2) is 0 Å². The minimum absolute atomic E-state index is 0.340. The van der Waals surface area contributed by atoms with E-state index in [1.54, 1.807) is 0 Å². The van der Waals surface area contributed by atoms with E-state index in [1.807, 2.05) is 18.7 Å². The molecule has 1 aliphatic rings. The van der Waals surface area contributed by atoms with Gasteiger partial charge in [-0.05, 0) is 41.6 Å². The number of hydrogen-bond acceptors (Lipinski definition) is 3. The Morgan fingerprint density at radius 1 is 1.47 bits per heavy atom. The number of rotatable bonds is 6. The molecule has 1 saturated carbocycles. The number of aryl methyl sites for hydroxylation is 2. The first-order valence-corrected chi connectivity index (χ1v) is 8.05. The van der Waals surface area contributed by atoms with E-state index in [9.17, 15) is 0 Å². The van der Waals surface area contributed by atoms with Crippen LogP contribution >= 0.6 is 15.9 Å². The quantitative estimate of drug-likeness (QED) is 0.623. The molecule has 1 heterocycles. The standard InChI is InChI=1S/C14H25BrN4/c1-10-14(15)13(19(2)18-10)9-12(17-16)8-7-11-5-3-4-6-11/h11-12,17H,3-9,16H2,1-2H3. The summed E-state index contributed by atoms with van der Waals surface area (Å²) in [5.41, 5.74) is 5.25. The zero-order chi connectivity index (χ0) is 13.8. The number of nitrogens with one attached hydrogen (secondary N) is 1. The van der Waals surface area contributed by atoms with Crippen LogP contribution in [-0.4, -0.2) is 15.8 Å². The topological polar surface area (TPSA) is 55.9 Å². The molecule has 0 spiro atoms. The van der Waals surface area contributed by atoms with Crippen LogP contribution in [0.3, 0.4) is 0 Å². The van der Waals surface area contributed by atoms with Crippen LogP contribution in [0.2, 0.25) is 0 Å². The molecule has 19 heavy (non-hydrogen) atoms. The molecule has 0 saturated heterocycles. The molecule has 108 valence electrons. The highest BCUT2D eigenvalue weighted by atomic mass is 79.9. The van der Waals surface area contributed by atoms with Gasteiger partial charge >= 0.3 is 0 Å². The van der Waals surface area contributed by atoms with Crippen molar-refractivity contribution in [1.29, 1.82) is 0 Å². The lowest BCUT2D eigenvalue weighted by atomic mass is 9.96. The van der Waals surface area contributed by atoms with Gasteiger partial charge in [0, 0.05) is 19.5 Å². The molecule has 0 aliphatic heterocycles. The average Bonchev–Trinajstić information content (AvgIpc) is 2.98. The average molecular weight is 329 g/mol. The molecule has 1 atom stereocenters. The molecular weight excluding hydrogens is 304 g/mol. The first kappa shape index (κ1) is 15.0. The summed E-state index contributed by atoms with van der Waals surface area (Å²) < 4.78 is 3.08. The predicted octanol–water partition coefficient (Wildman–Crippen LogP) is 2.84. The zero-order valence-corrected chi connectivity index (χ0v) is 13.5. The van der Waals surface area contributed by atoms with Gasteiger partial charge in [-0.1, -0.05) is 25.7 Å². The van der Waals surface area contributed by atoms with Crippen molar-refractivity contribution in [3.63, 3.8) is 0 Å². The molecule has 4 nitrogen and oxygen atoms in total. The highest BCUT2D eigenvalue weighted by molar-refractivity contribution is 9.10. The Labute approximate surface area is 124 Å². The smallest absolute Gasteiger partial charge is 0.0738 e. The van der Waals surface area contributed by atoms with Crippen molar-refractivity contribution in [2.45, 2.75) is 57.9 Å². The lowest BCUT2D eigenvalue weighted by Crippen LogP contribution is -2.37. The minimum Gasteiger partial charge on any atom is -0.271 e. The predicted molar refractivity (Wildman–Crippen MR) is 81.7 cm³/mol. The maximum absolute atomic E-state index is 5.72. The van der Waals surface area contributed by atoms with Crippen molar-refractivity contribution in [2.24, 2.45) is 18.8 Å². The molecule has 1 unspecified atom stereocenters. The van der Waals surface area contributed by atoms with Crippen LogP contribution in [0.5, 0.6) is 0 Å². The first-order valence-electron chi connectivity index (χ1n) is 7.26. The lowest BCUT2D eigenvalue weighted by Gasteiger charge is -2.18. The van der Waals surface area contributed by atoms with Gasteiger partial charge in [0.15, 0.2) is 0 Å². The summed E-state index contributed by atoms with van der Waals surface area (Å²) in [6.45, 7) is 2.02. The third-order valence-corrected chi connectivity index (χ3v) is 5.37. The van der Waals surface area contributed by atoms with Gasteiger partial charge in [-0.2, -0.15) is 5.10 Å². The highest BCUT2D eigenvalue weighted by Gasteiger charge is 2.19. The molecule has 0 bridgehead atoms. The van der Waals surface area contributed by atoms with E-state index in [0.29, 0.717) is 6.04 Å². The fourth-order valence-corrected chi connectivity index (χ4v) is 3.61. The number of nitrogens with zero attached hydrogens (tertiary/aromatic N) is 2. The third-order valence-electron chi connectivity index (χ3n) is 4.34. The molecule has 5 heteroatoms. The molecule has 1 aromatic rings. The summed E-state index contributed by atoms with van der Waals surface area (Å²) in [6.07, 6.45) is 9.02. The van der Waals surface area contributed by atoms with Crippen molar-refractivity contribution in [3.05, 3.63) is 15.9 Å². The Kier molecular flexibility index (Phi) is 5.42. The van der Waals surface area contributed by atoms with Crippen LogP contribution in [0, 0.1) is 12.8 Å². The van der Waals surface area contributed by atoms with E-state index >= 15 is 0 Å². The Hall–Kier alpha value is -0.390. The van der Waals surface area contributed by atoms with Gasteiger partial charge in [-0.3, -0.25) is 16.0 Å². The maximum atomic E-state index is 5.72. The zero-order valence-electron chi connectivity index (χ0n) is 12.0. The second kappa shape index (κ2) is 6.86. The Balaban J connectivity index is 1.90. The van der Waals surface area contributed by atoms with Crippen LogP contribution in [0.25, 0.3) is 0 Å². The van der Waals surface area contributed by atoms with Crippen LogP contribution in [0.15, 0.2) is 4.47 Å². The van der Waals surface area contributed by atoms with Gasteiger partial charge < -0.3 is 0 Å². The molecular formula is C14H25BrN4. The summed E-state index contributed by atoms with van der Waals surface area (Å²) in [4.78, 5) is 0. The molecule has 3 N–H and O–H groups in total. The van der Waals surface area contributed by atoms with E-state index in [-0.39, 0.29) is 0 Å². The molecule has 1 fully saturated rings. The Bertz CT molecular complexity index is 410. The second-order valence-corrected chi connectivity index (χ2v) is 6.56. The van der Waals surface area contributed by atoms with Crippen molar-refractivity contribution in [2.75, 3.05) is 0 Å². The lowest BCUT2D eigenvalue weighted by molar-refractivity contribution is 0.401. The summed E-state index contributed by atoms with van der Waals surface area (Å²) in [5.74, 6) is 6.64. The van der Waals surface area contributed by atoms with Crippen molar-refractivity contribution in [3.8, 4) is 0 Å². The van der Waals surface area contributed by atoms with Crippen molar-refractivity contribution in [1.82, 2.24) is 15.2 Å². The molecule has 1 aliphatic carbocycles. The van der Waals surface area contributed by atoms with Crippen LogP contribution < -0.4 is 11.3 Å². The molecule has 0 amide bonds. The summed E-state index contributed by atoms with van der Waals surface area (Å²) in [7, 11) is 2.00. The maximum Gasteiger partial charge on any atom is 0.0738 e. The number of halogens is 1. The summed E-state index contributed by atoms with van der Waals surface area (Å²) in [5, 5.41) is 4.44. The summed E-state index contributed by atoms with van der Waals surface area (Å²) >= 11 is 3.62. The van der Waals surface area contributed by atoms with Gasteiger partial charge in [0.25, 0.3) is 0 Å². The minimum atomic E-state index is 0.340. The third kappa shape index (κ3) is 3.80. The van der Waals surface area contributed by atoms with Crippen molar-refractivity contribution >= 4 is 15.9 Å². The normalized spacial score (nSPS) is 18.1. The second-order valence-electron chi connectivity index (χ2n) is 5.77. The van der Waals surface area contributed by atoms with E-state index in [1.165, 1.54) is 37.8 Å². The Morgan fingerprint density at radius 3 is 2.68 bits per heavy atom. The van der Waals surface area contributed by atoms with Crippen LogP contribution in [-0.2, 0) is 13.5 Å². The molecule has 2 rings (SSSR count). The number of hydrogen-bond donors (Lipinski definition) is 2. The van der Waals surface area contributed by atoms with Gasteiger partial charge in [0.1, 0.15) is 0 Å². The number of hydrazine groups is 1. The van der Waals surface area contributed by atoms with Crippen LogP contribution in [0.4, 0.5) is 0 Å². The van der Waals surface area contributed by atoms with Gasteiger partial charge in [-0.15, -0.1) is 0 Å². The van der Waals surface area contributed by atoms with E-state index in [0.717, 1.165) is 28.9 Å². The number of nitrogens with two attached hydrogens (primary N) is 1. The van der Waals surface area contributed by atoms with E-state index in [4.69, 9.17) is 5.84 Å². The fraction of sp³-hybridized carbons (Fsp3) is 0.786. The van der Waals surface area contributed by atoms with Gasteiger partial charge in [0.2, 0.25) is 0 Å². The highest BCUT2D eigenvalue weighted by Crippen LogP contribution is 2.29. The first-order chi connectivity index (χ1) is 9.11. The monoisotopic (exact) mass is 328 g/mol. The van der Waals surface area contributed by atoms with E-state index < -0.39 is 0 Å². The Morgan fingerprint density at radius 2 is 2.16 bits per heavy atom. The van der Waals surface area contributed by atoms with Gasteiger partial charge in [0.05, 0.1) is 15.9 Å². The molecule has 1 aromatic heterocycles. The largest absolute Gasteiger partial charge is 0.271 e. The summed E-state index contributed by atoms with van der Waals surface area (Å²) in [6, 6.07) is 0.340. The van der Waals surface area contributed by atoms with Crippen LogP contribution in [0.1, 0.15) is 49.9 Å².